The second-order valence-electron chi connectivity index (χ2n) is 3.00. The molecule has 1 fully saturated rings. The molecule has 0 bridgehead atoms. The SMILES string of the molecule is OCC1CCN(c2nncs2)C1. The van der Waals surface area contributed by atoms with E-state index < -0.39 is 0 Å². The first-order valence-corrected chi connectivity index (χ1v) is 4.90. The lowest BCUT2D eigenvalue weighted by Crippen LogP contribution is -2.20. The van der Waals surface area contributed by atoms with E-state index >= 15 is 0 Å². The summed E-state index contributed by atoms with van der Waals surface area (Å²) in [6.45, 7) is 2.21. The van der Waals surface area contributed by atoms with E-state index in [1.165, 1.54) is 0 Å². The molecular formula is C7H11N3OS. The topological polar surface area (TPSA) is 49.2 Å². The highest BCUT2D eigenvalue weighted by atomic mass is 32.1. The summed E-state index contributed by atoms with van der Waals surface area (Å²) in [5, 5.41) is 17.7. The molecule has 1 unspecified atom stereocenters. The van der Waals surface area contributed by atoms with E-state index in [1.54, 1.807) is 16.8 Å². The van der Waals surface area contributed by atoms with Crippen LogP contribution in [0.2, 0.25) is 0 Å². The van der Waals surface area contributed by atoms with Gasteiger partial charge in [-0.1, -0.05) is 11.3 Å². The third kappa shape index (κ3) is 1.42. The number of rotatable bonds is 2. The van der Waals surface area contributed by atoms with Crippen LogP contribution in [0, 0.1) is 5.92 Å². The normalized spacial score (nSPS) is 23.4. The van der Waals surface area contributed by atoms with E-state index in [-0.39, 0.29) is 6.61 Å². The van der Waals surface area contributed by atoms with E-state index in [2.05, 4.69) is 15.1 Å². The molecule has 0 aromatic carbocycles. The Morgan fingerprint density at radius 1 is 1.75 bits per heavy atom. The zero-order chi connectivity index (χ0) is 8.39. The van der Waals surface area contributed by atoms with Crippen LogP contribution in [-0.4, -0.2) is 35.0 Å². The third-order valence-corrected chi connectivity index (χ3v) is 2.91. The Morgan fingerprint density at radius 2 is 2.67 bits per heavy atom. The van der Waals surface area contributed by atoms with Gasteiger partial charge >= 0.3 is 0 Å². The number of anilines is 1. The van der Waals surface area contributed by atoms with Crippen molar-refractivity contribution < 1.29 is 5.11 Å². The number of aliphatic hydroxyl groups excluding tert-OH is 1. The van der Waals surface area contributed by atoms with Crippen LogP contribution in [0.15, 0.2) is 5.51 Å². The maximum atomic E-state index is 8.92. The molecule has 1 N–H and O–H groups in total. The van der Waals surface area contributed by atoms with Crippen molar-refractivity contribution in [3.63, 3.8) is 0 Å². The summed E-state index contributed by atoms with van der Waals surface area (Å²) in [7, 11) is 0. The summed E-state index contributed by atoms with van der Waals surface area (Å²) in [4.78, 5) is 2.18. The van der Waals surface area contributed by atoms with Crippen molar-refractivity contribution in [1.29, 1.82) is 0 Å². The molecule has 1 aromatic rings. The molecule has 1 aromatic heterocycles. The predicted molar refractivity (Wildman–Crippen MR) is 47.3 cm³/mol. The van der Waals surface area contributed by atoms with Crippen LogP contribution >= 0.6 is 11.3 Å². The average molecular weight is 185 g/mol. The van der Waals surface area contributed by atoms with Gasteiger partial charge in [0.25, 0.3) is 0 Å². The summed E-state index contributed by atoms with van der Waals surface area (Å²) in [6, 6.07) is 0. The predicted octanol–water partition coefficient (Wildman–Crippen LogP) is 0.357. The highest BCUT2D eigenvalue weighted by molar-refractivity contribution is 7.13. The van der Waals surface area contributed by atoms with Gasteiger partial charge in [-0.3, -0.25) is 0 Å². The molecule has 12 heavy (non-hydrogen) atoms. The fraction of sp³-hybridized carbons (Fsp3) is 0.714. The van der Waals surface area contributed by atoms with Gasteiger partial charge in [-0.15, -0.1) is 10.2 Å². The van der Waals surface area contributed by atoms with E-state index in [9.17, 15) is 0 Å². The molecular weight excluding hydrogens is 174 g/mol. The Hall–Kier alpha value is -0.680. The van der Waals surface area contributed by atoms with Crippen molar-refractivity contribution in [1.82, 2.24) is 10.2 Å². The highest BCUT2D eigenvalue weighted by Gasteiger charge is 2.23. The Labute approximate surface area is 74.9 Å². The summed E-state index contributed by atoms with van der Waals surface area (Å²) in [5.74, 6) is 0.425. The van der Waals surface area contributed by atoms with Crippen LogP contribution < -0.4 is 4.90 Å². The Balaban J connectivity index is 2.00. The van der Waals surface area contributed by atoms with Crippen LogP contribution in [0.5, 0.6) is 0 Å². The summed E-state index contributed by atoms with van der Waals surface area (Å²) in [5.41, 5.74) is 1.74. The Bertz CT molecular complexity index is 239. The number of nitrogens with zero attached hydrogens (tertiary/aromatic N) is 3. The highest BCUT2D eigenvalue weighted by Crippen LogP contribution is 2.23. The van der Waals surface area contributed by atoms with Crippen molar-refractivity contribution in [2.75, 3.05) is 24.6 Å². The summed E-state index contributed by atoms with van der Waals surface area (Å²) in [6.07, 6.45) is 1.07. The maximum Gasteiger partial charge on any atom is 0.208 e. The largest absolute Gasteiger partial charge is 0.396 e. The first kappa shape index (κ1) is 7.94. The molecule has 0 saturated carbocycles. The van der Waals surface area contributed by atoms with Gasteiger partial charge in [0.15, 0.2) is 0 Å². The van der Waals surface area contributed by atoms with Gasteiger partial charge in [0.2, 0.25) is 5.13 Å². The molecule has 0 spiro atoms. The van der Waals surface area contributed by atoms with Gasteiger partial charge in [0.1, 0.15) is 5.51 Å². The first-order valence-electron chi connectivity index (χ1n) is 4.02. The molecule has 1 saturated heterocycles. The lowest BCUT2D eigenvalue weighted by Gasteiger charge is -2.12. The maximum absolute atomic E-state index is 8.92. The van der Waals surface area contributed by atoms with E-state index in [1.807, 2.05) is 0 Å². The lowest BCUT2D eigenvalue weighted by atomic mass is 10.1. The molecule has 5 heteroatoms. The van der Waals surface area contributed by atoms with Crippen molar-refractivity contribution >= 4 is 16.5 Å². The standard InChI is InChI=1S/C7H11N3OS/c11-4-6-1-2-10(3-6)7-9-8-5-12-7/h5-6,11H,1-4H2. The fourth-order valence-corrected chi connectivity index (χ4v) is 2.06. The smallest absolute Gasteiger partial charge is 0.208 e. The molecule has 2 heterocycles. The van der Waals surface area contributed by atoms with Crippen molar-refractivity contribution in [2.45, 2.75) is 6.42 Å². The molecule has 0 aliphatic carbocycles. The van der Waals surface area contributed by atoms with Gasteiger partial charge in [0, 0.05) is 25.6 Å². The minimum atomic E-state index is 0.287. The molecule has 1 atom stereocenters. The molecule has 66 valence electrons. The minimum absolute atomic E-state index is 0.287. The van der Waals surface area contributed by atoms with Crippen LogP contribution in [0.25, 0.3) is 0 Å². The molecule has 0 radical (unpaired) electrons. The third-order valence-electron chi connectivity index (χ3n) is 2.16. The van der Waals surface area contributed by atoms with Crippen LogP contribution in [0.4, 0.5) is 5.13 Å². The lowest BCUT2D eigenvalue weighted by molar-refractivity contribution is 0.238. The van der Waals surface area contributed by atoms with Gasteiger partial charge in [0.05, 0.1) is 0 Å². The second-order valence-corrected chi connectivity index (χ2v) is 3.82. The van der Waals surface area contributed by atoms with Crippen molar-refractivity contribution in [3.05, 3.63) is 5.51 Å². The molecule has 4 nitrogen and oxygen atoms in total. The summed E-state index contributed by atoms with van der Waals surface area (Å²) >= 11 is 1.55. The number of hydrogen-bond acceptors (Lipinski definition) is 5. The van der Waals surface area contributed by atoms with Crippen LogP contribution in [-0.2, 0) is 0 Å². The molecule has 0 amide bonds. The number of hydrogen-bond donors (Lipinski definition) is 1. The first-order chi connectivity index (χ1) is 5.90. The Kier molecular flexibility index (Phi) is 2.23. The van der Waals surface area contributed by atoms with Gasteiger partial charge in [-0.05, 0) is 6.42 Å². The van der Waals surface area contributed by atoms with Crippen LogP contribution in [0.1, 0.15) is 6.42 Å². The van der Waals surface area contributed by atoms with E-state index in [0.717, 1.165) is 24.6 Å². The average Bonchev–Trinajstić information content (AvgIpc) is 2.75. The van der Waals surface area contributed by atoms with Crippen molar-refractivity contribution in [3.8, 4) is 0 Å². The van der Waals surface area contributed by atoms with Gasteiger partial charge < -0.3 is 10.0 Å². The molecule has 1 aliphatic rings. The van der Waals surface area contributed by atoms with Gasteiger partial charge in [-0.2, -0.15) is 0 Å². The van der Waals surface area contributed by atoms with Crippen molar-refractivity contribution in [2.24, 2.45) is 5.92 Å². The van der Waals surface area contributed by atoms with E-state index in [0.29, 0.717) is 5.92 Å². The quantitative estimate of drug-likeness (QED) is 0.722. The zero-order valence-electron chi connectivity index (χ0n) is 6.68. The monoisotopic (exact) mass is 185 g/mol. The summed E-state index contributed by atoms with van der Waals surface area (Å²) < 4.78 is 0. The zero-order valence-corrected chi connectivity index (χ0v) is 7.50. The van der Waals surface area contributed by atoms with Gasteiger partial charge in [-0.25, -0.2) is 0 Å². The second kappa shape index (κ2) is 3.37. The Morgan fingerprint density at radius 3 is 3.25 bits per heavy atom. The molecule has 2 rings (SSSR count). The fourth-order valence-electron chi connectivity index (χ4n) is 1.46. The number of aliphatic hydroxyl groups is 1. The van der Waals surface area contributed by atoms with E-state index in [4.69, 9.17) is 5.11 Å². The number of aromatic nitrogens is 2. The van der Waals surface area contributed by atoms with Crippen LogP contribution in [0.3, 0.4) is 0 Å². The molecule has 1 aliphatic heterocycles. The minimum Gasteiger partial charge on any atom is -0.396 e.